The van der Waals surface area contributed by atoms with Gasteiger partial charge in [0.1, 0.15) is 5.75 Å². The molecule has 8 nitrogen and oxygen atoms in total. The van der Waals surface area contributed by atoms with E-state index in [1.165, 1.54) is 11.8 Å². The largest absolute Gasteiger partial charge is 0.497 e. The number of carbonyl (C=O) groups excluding carboxylic acids is 2. The van der Waals surface area contributed by atoms with Gasteiger partial charge in [-0.15, -0.1) is 5.10 Å². The first-order chi connectivity index (χ1) is 14.5. The zero-order chi connectivity index (χ0) is 21.1. The molecule has 0 saturated heterocycles. The number of ether oxygens (including phenoxy) is 1. The van der Waals surface area contributed by atoms with E-state index < -0.39 is 0 Å². The van der Waals surface area contributed by atoms with Crippen molar-refractivity contribution in [2.24, 2.45) is 0 Å². The lowest BCUT2D eigenvalue weighted by atomic mass is 10.2. The third-order valence-electron chi connectivity index (χ3n) is 4.78. The molecule has 0 saturated carbocycles. The molecular weight excluding hydrogens is 402 g/mol. The fourth-order valence-electron chi connectivity index (χ4n) is 3.35. The second-order valence-corrected chi connectivity index (χ2v) is 7.81. The quantitative estimate of drug-likeness (QED) is 0.611. The van der Waals surface area contributed by atoms with Crippen LogP contribution in [-0.2, 0) is 9.59 Å². The third kappa shape index (κ3) is 4.16. The minimum Gasteiger partial charge on any atom is -0.497 e. The molecule has 30 heavy (non-hydrogen) atoms. The molecule has 2 amide bonds. The molecule has 1 aliphatic rings. The monoisotopic (exact) mass is 423 g/mol. The molecule has 0 radical (unpaired) electrons. The summed E-state index contributed by atoms with van der Waals surface area (Å²) in [7, 11) is 1.62. The van der Waals surface area contributed by atoms with Gasteiger partial charge in [0.15, 0.2) is 5.82 Å². The molecule has 1 aliphatic heterocycles. The van der Waals surface area contributed by atoms with E-state index in [-0.39, 0.29) is 30.0 Å². The summed E-state index contributed by atoms with van der Waals surface area (Å²) in [5.41, 5.74) is 2.22. The van der Waals surface area contributed by atoms with Gasteiger partial charge in [-0.25, -0.2) is 4.98 Å². The first kappa shape index (κ1) is 20.0. The fourth-order valence-corrected chi connectivity index (χ4v) is 4.01. The molecule has 0 aliphatic carbocycles. The zero-order valence-corrected chi connectivity index (χ0v) is 17.4. The van der Waals surface area contributed by atoms with Gasteiger partial charge >= 0.3 is 0 Å². The summed E-state index contributed by atoms with van der Waals surface area (Å²) >= 11 is 1.25. The highest BCUT2D eigenvalue weighted by atomic mass is 32.2. The average Bonchev–Trinajstić information content (AvgIpc) is 3.17. The van der Waals surface area contributed by atoms with Crippen LogP contribution < -0.4 is 15.0 Å². The number of aromatic nitrogens is 3. The highest BCUT2D eigenvalue weighted by Crippen LogP contribution is 2.32. The van der Waals surface area contributed by atoms with Gasteiger partial charge in [-0.05, 0) is 43.3 Å². The Bertz CT molecular complexity index is 1070. The van der Waals surface area contributed by atoms with Crippen molar-refractivity contribution in [3.8, 4) is 17.1 Å². The molecule has 1 aromatic heterocycles. The number of nitrogens with zero attached hydrogens (tertiary/aromatic N) is 3. The molecule has 2 heterocycles. The van der Waals surface area contributed by atoms with E-state index in [0.717, 1.165) is 11.3 Å². The van der Waals surface area contributed by atoms with Crippen molar-refractivity contribution >= 4 is 35.0 Å². The summed E-state index contributed by atoms with van der Waals surface area (Å²) in [6, 6.07) is 14.6. The number of hydrogen-bond donors (Lipinski definition) is 2. The minimum atomic E-state index is -0.247. The number of carbonyl (C=O) groups is 2. The average molecular weight is 423 g/mol. The molecule has 0 unspecified atom stereocenters. The van der Waals surface area contributed by atoms with Crippen LogP contribution in [0.2, 0.25) is 0 Å². The number of benzene rings is 2. The molecular formula is C21H21N5O3S. The third-order valence-corrected chi connectivity index (χ3v) is 5.61. The number of aromatic amines is 1. The Balaban J connectivity index is 1.47. The first-order valence-electron chi connectivity index (χ1n) is 9.45. The second kappa shape index (κ2) is 8.58. The summed E-state index contributed by atoms with van der Waals surface area (Å²) in [6.07, 6.45) is 0.243. The number of thioether (sulfide) groups is 1. The first-order valence-corrected chi connectivity index (χ1v) is 10.4. The fraction of sp³-hybridized carbons (Fsp3) is 0.238. The molecule has 0 spiro atoms. The molecule has 0 bridgehead atoms. The Kier molecular flexibility index (Phi) is 5.71. The van der Waals surface area contributed by atoms with E-state index in [4.69, 9.17) is 4.74 Å². The summed E-state index contributed by atoms with van der Waals surface area (Å²) in [6.45, 7) is 1.87. The molecule has 1 atom stereocenters. The van der Waals surface area contributed by atoms with Gasteiger partial charge in [-0.2, -0.15) is 0 Å². The number of methoxy groups -OCH3 is 1. The summed E-state index contributed by atoms with van der Waals surface area (Å²) in [4.78, 5) is 31.3. The molecule has 9 heteroatoms. The standard InChI is InChI=1S/C21H21N5O3S/c1-13-11-18(27)22-16-5-3-4-6-17(16)26(13)19(28)12-30-21-23-20(24-25-21)14-7-9-15(29-2)10-8-14/h3-10,13H,11-12H2,1-2H3,(H,22,27)(H,23,24,25)/t13-/m0/s1. The summed E-state index contributed by atoms with van der Waals surface area (Å²) in [5, 5.41) is 10.5. The van der Waals surface area contributed by atoms with Crippen molar-refractivity contribution in [2.45, 2.75) is 24.5 Å². The molecule has 4 rings (SSSR count). The van der Waals surface area contributed by atoms with Gasteiger partial charge in [-0.1, -0.05) is 23.9 Å². The number of rotatable bonds is 5. The van der Waals surface area contributed by atoms with Gasteiger partial charge in [0.2, 0.25) is 17.0 Å². The number of para-hydroxylation sites is 2. The maximum atomic E-state index is 13.0. The smallest absolute Gasteiger partial charge is 0.237 e. The lowest BCUT2D eigenvalue weighted by Gasteiger charge is -2.27. The van der Waals surface area contributed by atoms with Crippen LogP contribution in [0.3, 0.4) is 0 Å². The van der Waals surface area contributed by atoms with E-state index in [1.54, 1.807) is 18.1 Å². The normalized spacial score (nSPS) is 15.9. The summed E-state index contributed by atoms with van der Waals surface area (Å²) in [5.74, 6) is 1.34. The Labute approximate surface area is 178 Å². The van der Waals surface area contributed by atoms with Gasteiger partial charge in [0.05, 0.1) is 24.2 Å². The predicted octanol–water partition coefficient (Wildman–Crippen LogP) is 3.34. The van der Waals surface area contributed by atoms with Crippen LogP contribution in [0, 0.1) is 0 Å². The number of hydrogen-bond acceptors (Lipinski definition) is 6. The molecule has 0 fully saturated rings. The van der Waals surface area contributed by atoms with Gasteiger partial charge in [-0.3, -0.25) is 14.7 Å². The van der Waals surface area contributed by atoms with E-state index in [0.29, 0.717) is 22.4 Å². The van der Waals surface area contributed by atoms with Crippen molar-refractivity contribution in [3.63, 3.8) is 0 Å². The zero-order valence-electron chi connectivity index (χ0n) is 16.6. The molecule has 3 aromatic rings. The predicted molar refractivity (Wildman–Crippen MR) is 116 cm³/mol. The topological polar surface area (TPSA) is 100 Å². The lowest BCUT2D eigenvalue weighted by molar-refractivity contribution is -0.117. The number of H-pyrrole nitrogens is 1. The molecule has 2 aromatic carbocycles. The maximum absolute atomic E-state index is 13.0. The van der Waals surface area contributed by atoms with Crippen LogP contribution in [0.4, 0.5) is 11.4 Å². The van der Waals surface area contributed by atoms with Gasteiger partial charge in [0, 0.05) is 18.0 Å². The number of fused-ring (bicyclic) bond motifs is 1. The Morgan fingerprint density at radius 2 is 2.00 bits per heavy atom. The second-order valence-electron chi connectivity index (χ2n) is 6.87. The van der Waals surface area contributed by atoms with Crippen LogP contribution in [-0.4, -0.2) is 45.9 Å². The van der Waals surface area contributed by atoms with Crippen LogP contribution in [0.25, 0.3) is 11.4 Å². The van der Waals surface area contributed by atoms with Crippen molar-refractivity contribution in [1.82, 2.24) is 15.2 Å². The van der Waals surface area contributed by atoms with Crippen molar-refractivity contribution in [2.75, 3.05) is 23.1 Å². The van der Waals surface area contributed by atoms with E-state index >= 15 is 0 Å². The lowest BCUT2D eigenvalue weighted by Crippen LogP contribution is -2.40. The van der Waals surface area contributed by atoms with E-state index in [2.05, 4.69) is 20.5 Å². The molecule has 154 valence electrons. The number of amides is 2. The Morgan fingerprint density at radius 3 is 2.77 bits per heavy atom. The maximum Gasteiger partial charge on any atom is 0.237 e. The van der Waals surface area contributed by atoms with Crippen molar-refractivity contribution < 1.29 is 14.3 Å². The van der Waals surface area contributed by atoms with Crippen LogP contribution in [0.1, 0.15) is 13.3 Å². The highest BCUT2D eigenvalue weighted by Gasteiger charge is 2.29. The van der Waals surface area contributed by atoms with Crippen LogP contribution >= 0.6 is 11.8 Å². The SMILES string of the molecule is COc1ccc(-c2nc(SCC(=O)N3c4ccccc4NC(=O)C[C@@H]3C)n[nH]2)cc1. The Hall–Kier alpha value is -3.33. The number of anilines is 2. The van der Waals surface area contributed by atoms with Crippen LogP contribution in [0.5, 0.6) is 5.75 Å². The summed E-state index contributed by atoms with van der Waals surface area (Å²) < 4.78 is 5.16. The minimum absolute atomic E-state index is 0.101. The Morgan fingerprint density at radius 1 is 1.23 bits per heavy atom. The van der Waals surface area contributed by atoms with E-state index in [9.17, 15) is 9.59 Å². The van der Waals surface area contributed by atoms with Crippen molar-refractivity contribution in [3.05, 3.63) is 48.5 Å². The van der Waals surface area contributed by atoms with Gasteiger partial charge < -0.3 is 15.0 Å². The van der Waals surface area contributed by atoms with E-state index in [1.807, 2.05) is 49.4 Å². The molecule has 2 N–H and O–H groups in total. The van der Waals surface area contributed by atoms with Gasteiger partial charge in [0.25, 0.3) is 0 Å². The number of nitrogens with one attached hydrogen (secondary N) is 2. The van der Waals surface area contributed by atoms with Crippen molar-refractivity contribution in [1.29, 1.82) is 0 Å². The van der Waals surface area contributed by atoms with Crippen LogP contribution in [0.15, 0.2) is 53.7 Å². The highest BCUT2D eigenvalue weighted by molar-refractivity contribution is 7.99.